The number of aryl methyl sites for hydroxylation is 1. The van der Waals surface area contributed by atoms with E-state index in [1.54, 1.807) is 23.7 Å². The van der Waals surface area contributed by atoms with Crippen LogP contribution in [0, 0.1) is 0 Å². The van der Waals surface area contributed by atoms with Gasteiger partial charge >= 0.3 is 0 Å². The largest absolute Gasteiger partial charge is 0.271 e. The van der Waals surface area contributed by atoms with Gasteiger partial charge in [-0.05, 0) is 23.4 Å². The lowest BCUT2D eigenvalue weighted by Gasteiger charge is -2.15. The van der Waals surface area contributed by atoms with E-state index in [4.69, 9.17) is 5.84 Å². The van der Waals surface area contributed by atoms with Crippen molar-refractivity contribution in [1.82, 2.24) is 15.4 Å². The number of hydrazine groups is 1. The summed E-state index contributed by atoms with van der Waals surface area (Å²) >= 11 is 1.70. The summed E-state index contributed by atoms with van der Waals surface area (Å²) in [5, 5.41) is 2.09. The minimum absolute atomic E-state index is 0.0175. The molecule has 4 nitrogen and oxygen atoms in total. The van der Waals surface area contributed by atoms with Crippen LogP contribution < -0.4 is 11.3 Å². The molecule has 0 aromatic carbocycles. The molecule has 3 N–H and O–H groups in total. The topological polar surface area (TPSA) is 63.8 Å². The molecule has 2 aromatic heterocycles. The zero-order valence-electron chi connectivity index (χ0n) is 9.05. The highest BCUT2D eigenvalue weighted by molar-refractivity contribution is 7.10. The van der Waals surface area contributed by atoms with E-state index in [0.717, 1.165) is 12.0 Å². The Hall–Kier alpha value is -1.30. The van der Waals surface area contributed by atoms with Gasteiger partial charge in [-0.2, -0.15) is 0 Å². The zero-order valence-corrected chi connectivity index (χ0v) is 9.87. The van der Waals surface area contributed by atoms with Crippen LogP contribution in [0.5, 0.6) is 0 Å². The summed E-state index contributed by atoms with van der Waals surface area (Å²) in [6, 6.07) is 2.12. The highest BCUT2D eigenvalue weighted by atomic mass is 32.1. The third kappa shape index (κ3) is 2.11. The minimum Gasteiger partial charge on any atom is -0.271 e. The lowest BCUT2D eigenvalue weighted by molar-refractivity contribution is 0.636. The SMILES string of the molecule is CCc1ccsc1C(NN)c1cncnc1. The summed E-state index contributed by atoms with van der Waals surface area (Å²) in [4.78, 5) is 9.27. The lowest BCUT2D eigenvalue weighted by Crippen LogP contribution is -2.29. The number of thiophene rings is 1. The van der Waals surface area contributed by atoms with Gasteiger partial charge in [-0.1, -0.05) is 6.92 Å². The molecule has 1 atom stereocenters. The molecule has 0 radical (unpaired) electrons. The molecule has 0 spiro atoms. The maximum Gasteiger partial charge on any atom is 0.115 e. The first-order valence-electron chi connectivity index (χ1n) is 5.14. The molecule has 2 aromatic rings. The molecule has 0 amide bonds. The second-order valence-electron chi connectivity index (χ2n) is 3.44. The average Bonchev–Trinajstić information content (AvgIpc) is 2.80. The summed E-state index contributed by atoms with van der Waals surface area (Å²) in [5.41, 5.74) is 5.13. The number of aromatic nitrogens is 2. The van der Waals surface area contributed by atoms with Crippen molar-refractivity contribution < 1.29 is 0 Å². The van der Waals surface area contributed by atoms with Gasteiger partial charge < -0.3 is 0 Å². The van der Waals surface area contributed by atoms with Crippen molar-refractivity contribution in [2.45, 2.75) is 19.4 Å². The van der Waals surface area contributed by atoms with Crippen molar-refractivity contribution in [1.29, 1.82) is 0 Å². The highest BCUT2D eigenvalue weighted by Gasteiger charge is 2.17. The number of nitrogens with one attached hydrogen (secondary N) is 1. The summed E-state index contributed by atoms with van der Waals surface area (Å²) in [5.74, 6) is 5.62. The first kappa shape index (κ1) is 11.2. The lowest BCUT2D eigenvalue weighted by atomic mass is 10.1. The van der Waals surface area contributed by atoms with Crippen LogP contribution in [0.2, 0.25) is 0 Å². The van der Waals surface area contributed by atoms with Gasteiger partial charge in [-0.15, -0.1) is 11.3 Å². The Morgan fingerprint density at radius 1 is 1.44 bits per heavy atom. The van der Waals surface area contributed by atoms with E-state index in [9.17, 15) is 0 Å². The predicted octanol–water partition coefficient (Wildman–Crippen LogP) is 1.65. The molecular weight excluding hydrogens is 220 g/mol. The van der Waals surface area contributed by atoms with Crippen molar-refractivity contribution in [3.63, 3.8) is 0 Å². The van der Waals surface area contributed by atoms with Crippen LogP contribution in [0.3, 0.4) is 0 Å². The Balaban J connectivity index is 2.37. The molecule has 1 unspecified atom stereocenters. The standard InChI is InChI=1S/C11H14N4S/c1-2-8-3-4-16-11(8)10(15-12)9-5-13-7-14-6-9/h3-7,10,15H,2,12H2,1H3. The fourth-order valence-electron chi connectivity index (χ4n) is 1.68. The van der Waals surface area contributed by atoms with Crippen LogP contribution >= 0.6 is 11.3 Å². The maximum atomic E-state index is 5.62. The van der Waals surface area contributed by atoms with Crippen LogP contribution in [0.25, 0.3) is 0 Å². The molecule has 16 heavy (non-hydrogen) atoms. The Kier molecular flexibility index (Phi) is 3.61. The number of nitrogens with zero attached hydrogens (tertiary/aromatic N) is 2. The van der Waals surface area contributed by atoms with Crippen molar-refractivity contribution in [2.24, 2.45) is 5.84 Å². The fraction of sp³-hybridized carbons (Fsp3) is 0.273. The minimum atomic E-state index is -0.0175. The molecule has 2 heterocycles. The van der Waals surface area contributed by atoms with Crippen LogP contribution in [0.1, 0.15) is 29.0 Å². The average molecular weight is 234 g/mol. The Morgan fingerprint density at radius 2 is 2.19 bits per heavy atom. The molecule has 0 saturated carbocycles. The predicted molar refractivity (Wildman–Crippen MR) is 64.9 cm³/mol. The molecule has 0 saturated heterocycles. The van der Waals surface area contributed by atoms with E-state index in [1.807, 2.05) is 0 Å². The van der Waals surface area contributed by atoms with Crippen molar-refractivity contribution in [3.8, 4) is 0 Å². The normalized spacial score (nSPS) is 12.6. The van der Waals surface area contributed by atoms with Gasteiger partial charge in [0.25, 0.3) is 0 Å². The van der Waals surface area contributed by atoms with E-state index >= 15 is 0 Å². The van der Waals surface area contributed by atoms with E-state index in [-0.39, 0.29) is 6.04 Å². The number of hydrogen-bond donors (Lipinski definition) is 2. The molecule has 84 valence electrons. The molecule has 0 aliphatic carbocycles. The third-order valence-corrected chi connectivity index (χ3v) is 3.53. The van der Waals surface area contributed by atoms with Gasteiger partial charge in [0.15, 0.2) is 0 Å². The Labute approximate surface area is 98.5 Å². The highest BCUT2D eigenvalue weighted by Crippen LogP contribution is 2.28. The van der Waals surface area contributed by atoms with Gasteiger partial charge in [0.05, 0.1) is 6.04 Å². The molecule has 0 aliphatic rings. The van der Waals surface area contributed by atoms with E-state index in [0.29, 0.717) is 0 Å². The Bertz CT molecular complexity index is 440. The summed E-state index contributed by atoms with van der Waals surface area (Å²) in [6.07, 6.45) is 6.10. The van der Waals surface area contributed by atoms with Crippen LogP contribution in [-0.2, 0) is 6.42 Å². The molecular formula is C11H14N4S. The monoisotopic (exact) mass is 234 g/mol. The van der Waals surface area contributed by atoms with E-state index in [1.165, 1.54) is 16.8 Å². The van der Waals surface area contributed by atoms with Gasteiger partial charge in [-0.3, -0.25) is 5.84 Å². The zero-order chi connectivity index (χ0) is 11.4. The van der Waals surface area contributed by atoms with Crippen LogP contribution in [0.15, 0.2) is 30.2 Å². The maximum absolute atomic E-state index is 5.62. The summed E-state index contributed by atoms with van der Waals surface area (Å²) in [7, 11) is 0. The van der Waals surface area contributed by atoms with Crippen molar-refractivity contribution in [2.75, 3.05) is 0 Å². The van der Waals surface area contributed by atoms with Crippen LogP contribution in [0.4, 0.5) is 0 Å². The van der Waals surface area contributed by atoms with E-state index in [2.05, 4.69) is 33.8 Å². The molecule has 2 rings (SSSR count). The third-order valence-electron chi connectivity index (χ3n) is 2.50. The van der Waals surface area contributed by atoms with Gasteiger partial charge in [0.1, 0.15) is 6.33 Å². The number of hydrogen-bond acceptors (Lipinski definition) is 5. The van der Waals surface area contributed by atoms with Crippen molar-refractivity contribution >= 4 is 11.3 Å². The molecule has 5 heteroatoms. The van der Waals surface area contributed by atoms with Gasteiger partial charge in [0.2, 0.25) is 0 Å². The first-order valence-corrected chi connectivity index (χ1v) is 6.02. The Morgan fingerprint density at radius 3 is 2.81 bits per heavy atom. The summed E-state index contributed by atoms with van der Waals surface area (Å²) < 4.78 is 0. The second-order valence-corrected chi connectivity index (χ2v) is 4.38. The molecule has 0 bridgehead atoms. The second kappa shape index (κ2) is 5.16. The quantitative estimate of drug-likeness (QED) is 0.623. The van der Waals surface area contributed by atoms with Crippen molar-refractivity contribution in [3.05, 3.63) is 46.2 Å². The smallest absolute Gasteiger partial charge is 0.115 e. The molecule has 0 aliphatic heterocycles. The fourth-order valence-corrected chi connectivity index (χ4v) is 2.76. The van der Waals surface area contributed by atoms with Crippen LogP contribution in [-0.4, -0.2) is 9.97 Å². The van der Waals surface area contributed by atoms with Gasteiger partial charge in [0, 0.05) is 22.8 Å². The van der Waals surface area contributed by atoms with E-state index < -0.39 is 0 Å². The summed E-state index contributed by atoms with van der Waals surface area (Å²) in [6.45, 7) is 2.14. The van der Waals surface area contributed by atoms with Gasteiger partial charge in [-0.25, -0.2) is 15.4 Å². The molecule has 0 fully saturated rings. The number of rotatable bonds is 4. The number of nitrogens with two attached hydrogens (primary N) is 1. The first-order chi connectivity index (χ1) is 7.86.